The van der Waals surface area contributed by atoms with E-state index in [2.05, 4.69) is 17.6 Å². The zero-order valence-electron chi connectivity index (χ0n) is 15.3. The van der Waals surface area contributed by atoms with E-state index in [1.54, 1.807) is 25.1 Å². The number of piperidine rings is 1. The Labute approximate surface area is 152 Å². The van der Waals surface area contributed by atoms with Gasteiger partial charge in [-0.05, 0) is 56.3 Å². The van der Waals surface area contributed by atoms with Crippen LogP contribution in [0.1, 0.15) is 37.3 Å². The second-order valence-electron chi connectivity index (χ2n) is 7.08. The molecule has 146 valence electrons. The zero-order chi connectivity index (χ0) is 19.2. The number of ether oxygens (including phenoxy) is 1. The fourth-order valence-electron chi connectivity index (χ4n) is 3.19. The molecule has 4 nitrogen and oxygen atoms in total. The maximum Gasteiger partial charge on any atom is 0.422 e. The Hall–Kier alpha value is -1.76. The van der Waals surface area contributed by atoms with Crippen molar-refractivity contribution in [3.05, 3.63) is 29.3 Å². The van der Waals surface area contributed by atoms with Gasteiger partial charge in [-0.2, -0.15) is 13.2 Å². The predicted molar refractivity (Wildman–Crippen MR) is 94.0 cm³/mol. The molecule has 26 heavy (non-hydrogen) atoms. The van der Waals surface area contributed by atoms with Crippen molar-refractivity contribution in [2.24, 2.45) is 11.8 Å². The number of alkyl halides is 3. The molecule has 0 saturated carbocycles. The van der Waals surface area contributed by atoms with Crippen molar-refractivity contribution in [1.82, 2.24) is 10.6 Å². The third-order valence-electron chi connectivity index (χ3n) is 4.74. The van der Waals surface area contributed by atoms with Crippen LogP contribution in [0.2, 0.25) is 0 Å². The van der Waals surface area contributed by atoms with Gasteiger partial charge in [0.25, 0.3) is 0 Å². The summed E-state index contributed by atoms with van der Waals surface area (Å²) in [7, 11) is 0. The number of hydrogen-bond donors (Lipinski definition) is 2. The first kappa shape index (κ1) is 20.6. The number of aryl methyl sites for hydroxylation is 1. The van der Waals surface area contributed by atoms with Crippen molar-refractivity contribution in [3.8, 4) is 5.75 Å². The van der Waals surface area contributed by atoms with Crippen molar-refractivity contribution in [1.29, 1.82) is 0 Å². The van der Waals surface area contributed by atoms with E-state index < -0.39 is 12.8 Å². The number of rotatable bonds is 7. The van der Waals surface area contributed by atoms with Crippen molar-refractivity contribution < 1.29 is 22.7 Å². The molecule has 2 unspecified atom stereocenters. The van der Waals surface area contributed by atoms with E-state index in [1.165, 1.54) is 0 Å². The van der Waals surface area contributed by atoms with Crippen LogP contribution in [0.5, 0.6) is 5.75 Å². The van der Waals surface area contributed by atoms with Crippen molar-refractivity contribution >= 4 is 5.91 Å². The first-order chi connectivity index (χ1) is 12.2. The normalized spacial score (nSPS) is 19.0. The van der Waals surface area contributed by atoms with E-state index >= 15 is 0 Å². The minimum absolute atomic E-state index is 0.0922. The van der Waals surface area contributed by atoms with Gasteiger partial charge >= 0.3 is 6.18 Å². The molecule has 0 aliphatic carbocycles. The van der Waals surface area contributed by atoms with E-state index in [9.17, 15) is 18.0 Å². The lowest BCUT2D eigenvalue weighted by Gasteiger charge is -2.28. The molecule has 0 radical (unpaired) electrons. The lowest BCUT2D eigenvalue weighted by atomic mass is 9.85. The summed E-state index contributed by atoms with van der Waals surface area (Å²) in [4.78, 5) is 12.2. The smallest absolute Gasteiger partial charge is 0.422 e. The van der Waals surface area contributed by atoms with E-state index in [-0.39, 0.29) is 24.1 Å². The number of amides is 1. The second kappa shape index (κ2) is 9.26. The second-order valence-corrected chi connectivity index (χ2v) is 7.08. The third kappa shape index (κ3) is 6.86. The average Bonchev–Trinajstić information content (AvgIpc) is 2.59. The van der Waals surface area contributed by atoms with Crippen LogP contribution in [0.25, 0.3) is 0 Å². The summed E-state index contributed by atoms with van der Waals surface area (Å²) in [6.07, 6.45) is -1.74. The number of hydrogen-bond acceptors (Lipinski definition) is 3. The van der Waals surface area contributed by atoms with Gasteiger partial charge in [0.15, 0.2) is 6.61 Å². The monoisotopic (exact) mass is 372 g/mol. The van der Waals surface area contributed by atoms with Crippen LogP contribution >= 0.6 is 0 Å². The maximum absolute atomic E-state index is 12.4. The Bertz CT molecular complexity index is 599. The van der Waals surface area contributed by atoms with Crippen molar-refractivity contribution in [2.45, 2.75) is 45.8 Å². The molecule has 0 aromatic heterocycles. The fraction of sp³-hybridized carbons (Fsp3) is 0.632. The van der Waals surface area contributed by atoms with Crippen LogP contribution in [-0.2, 0) is 11.3 Å². The van der Waals surface area contributed by atoms with E-state index in [1.807, 2.05) is 0 Å². The van der Waals surface area contributed by atoms with Gasteiger partial charge in [0.2, 0.25) is 5.91 Å². The van der Waals surface area contributed by atoms with Crippen LogP contribution in [0.4, 0.5) is 13.2 Å². The van der Waals surface area contributed by atoms with Crippen LogP contribution in [0.3, 0.4) is 0 Å². The Morgan fingerprint density at radius 1 is 1.42 bits per heavy atom. The number of carbonyl (C=O) groups excluding carboxylic acids is 1. The maximum atomic E-state index is 12.4. The minimum atomic E-state index is -4.40. The quantitative estimate of drug-likeness (QED) is 0.769. The van der Waals surface area contributed by atoms with Crippen molar-refractivity contribution in [3.63, 3.8) is 0 Å². The molecule has 1 amide bonds. The molecule has 1 aromatic carbocycles. The molecular formula is C19H27F3N2O2. The molecule has 1 aliphatic rings. The number of benzene rings is 1. The lowest BCUT2D eigenvalue weighted by Crippen LogP contribution is -2.35. The summed E-state index contributed by atoms with van der Waals surface area (Å²) in [5, 5.41) is 6.15. The van der Waals surface area contributed by atoms with Crippen LogP contribution in [0, 0.1) is 18.8 Å². The highest BCUT2D eigenvalue weighted by atomic mass is 19.4. The predicted octanol–water partition coefficient (Wildman–Crippen LogP) is 3.58. The number of halogens is 3. The molecule has 7 heteroatoms. The van der Waals surface area contributed by atoms with Crippen LogP contribution in [0.15, 0.2) is 18.2 Å². The van der Waals surface area contributed by atoms with E-state index in [0.717, 1.165) is 31.5 Å². The molecule has 1 aliphatic heterocycles. The van der Waals surface area contributed by atoms with Gasteiger partial charge in [-0.25, -0.2) is 0 Å². The molecular weight excluding hydrogens is 345 g/mol. The molecule has 2 atom stereocenters. The summed E-state index contributed by atoms with van der Waals surface area (Å²) < 4.78 is 42.1. The van der Waals surface area contributed by atoms with Crippen LogP contribution in [-0.4, -0.2) is 31.8 Å². The Balaban J connectivity index is 1.88. The van der Waals surface area contributed by atoms with Gasteiger partial charge in [0.1, 0.15) is 5.75 Å². The molecule has 1 saturated heterocycles. The summed E-state index contributed by atoms with van der Waals surface area (Å²) in [5.74, 6) is 0.818. The average molecular weight is 372 g/mol. The van der Waals surface area contributed by atoms with Gasteiger partial charge in [-0.15, -0.1) is 0 Å². The molecule has 2 rings (SSSR count). The first-order valence-corrected chi connectivity index (χ1v) is 9.01. The van der Waals surface area contributed by atoms with E-state index in [4.69, 9.17) is 4.74 Å². The summed E-state index contributed by atoms with van der Waals surface area (Å²) in [6, 6.07) is 5.04. The van der Waals surface area contributed by atoms with Gasteiger partial charge in [-0.3, -0.25) is 4.79 Å². The molecule has 0 spiro atoms. The van der Waals surface area contributed by atoms with E-state index in [0.29, 0.717) is 17.9 Å². The topological polar surface area (TPSA) is 50.4 Å². The standard InChI is InChI=1S/C19H27F3N2O2/c1-13-5-6-16(17(8-13)26-12-19(20,21)22)11-24-18(25)9-14(2)15-4-3-7-23-10-15/h5-6,8,14-15,23H,3-4,7,9-12H2,1-2H3,(H,24,25). The molecule has 1 fully saturated rings. The Kier molecular flexibility index (Phi) is 7.32. The summed E-state index contributed by atoms with van der Waals surface area (Å²) >= 11 is 0. The molecule has 1 aromatic rings. The first-order valence-electron chi connectivity index (χ1n) is 9.01. The fourth-order valence-corrected chi connectivity index (χ4v) is 3.19. The summed E-state index contributed by atoms with van der Waals surface area (Å²) in [6.45, 7) is 4.63. The van der Waals surface area contributed by atoms with Gasteiger partial charge in [0.05, 0.1) is 0 Å². The van der Waals surface area contributed by atoms with Gasteiger partial charge in [-0.1, -0.05) is 19.1 Å². The zero-order valence-corrected chi connectivity index (χ0v) is 15.3. The van der Waals surface area contributed by atoms with Crippen LogP contribution < -0.4 is 15.4 Å². The highest BCUT2D eigenvalue weighted by Gasteiger charge is 2.29. The molecule has 1 heterocycles. The highest BCUT2D eigenvalue weighted by Crippen LogP contribution is 2.25. The SMILES string of the molecule is Cc1ccc(CNC(=O)CC(C)C2CCCNC2)c(OCC(F)(F)F)c1. The van der Waals surface area contributed by atoms with Gasteiger partial charge in [0, 0.05) is 18.5 Å². The Morgan fingerprint density at radius 2 is 2.19 bits per heavy atom. The van der Waals surface area contributed by atoms with Gasteiger partial charge < -0.3 is 15.4 Å². The molecule has 2 N–H and O–H groups in total. The number of nitrogens with one attached hydrogen (secondary N) is 2. The lowest BCUT2D eigenvalue weighted by molar-refractivity contribution is -0.153. The minimum Gasteiger partial charge on any atom is -0.484 e. The Morgan fingerprint density at radius 3 is 2.85 bits per heavy atom. The summed E-state index contributed by atoms with van der Waals surface area (Å²) in [5.41, 5.74) is 1.34. The highest BCUT2D eigenvalue weighted by molar-refractivity contribution is 5.76. The number of carbonyl (C=O) groups is 1. The largest absolute Gasteiger partial charge is 0.484 e. The third-order valence-corrected chi connectivity index (χ3v) is 4.74. The molecule has 0 bridgehead atoms. The van der Waals surface area contributed by atoms with Crippen molar-refractivity contribution in [2.75, 3.05) is 19.7 Å².